The third-order valence-corrected chi connectivity index (χ3v) is 2.94. The molecule has 0 radical (unpaired) electrons. The van der Waals surface area contributed by atoms with Crippen LogP contribution < -0.4 is 10.6 Å². The molecule has 2 N–H and O–H groups in total. The van der Waals surface area contributed by atoms with E-state index < -0.39 is 0 Å². The van der Waals surface area contributed by atoms with Gasteiger partial charge in [0, 0.05) is 13.1 Å². The monoisotopic (exact) mass is 215 g/mol. The van der Waals surface area contributed by atoms with Crippen molar-refractivity contribution in [3.63, 3.8) is 0 Å². The van der Waals surface area contributed by atoms with E-state index in [-0.39, 0.29) is 0 Å². The highest BCUT2D eigenvalue weighted by atomic mass is 15.2. The van der Waals surface area contributed by atoms with Crippen molar-refractivity contribution in [1.29, 1.82) is 0 Å². The quantitative estimate of drug-likeness (QED) is 0.774. The predicted octanol–water partition coefficient (Wildman–Crippen LogP) is 1.21. The molecule has 82 valence electrons. The molecule has 0 amide bonds. The molecule has 0 aliphatic carbocycles. The highest BCUT2D eigenvalue weighted by Crippen LogP contribution is 2.22. The molecular formula is C11H13N5. The van der Waals surface area contributed by atoms with Crippen LogP contribution in [-0.2, 0) is 0 Å². The summed E-state index contributed by atoms with van der Waals surface area (Å²) in [7, 11) is 0. The number of nitrogen functional groups attached to an aromatic ring is 1. The van der Waals surface area contributed by atoms with E-state index in [0.717, 1.165) is 24.3 Å². The third kappa shape index (κ3) is 1.44. The summed E-state index contributed by atoms with van der Waals surface area (Å²) in [4.78, 5) is 14.9. The van der Waals surface area contributed by atoms with Crippen LogP contribution in [0.1, 0.15) is 12.8 Å². The largest absolute Gasteiger partial charge is 0.383 e. The van der Waals surface area contributed by atoms with Crippen molar-refractivity contribution in [3.8, 4) is 0 Å². The van der Waals surface area contributed by atoms with E-state index in [0.29, 0.717) is 11.5 Å². The highest BCUT2D eigenvalue weighted by Gasteiger charge is 2.14. The molecule has 1 aliphatic rings. The normalized spacial score (nSPS) is 15.9. The van der Waals surface area contributed by atoms with E-state index in [2.05, 4.69) is 19.9 Å². The molecule has 0 atom stereocenters. The van der Waals surface area contributed by atoms with E-state index in [4.69, 9.17) is 5.73 Å². The van der Waals surface area contributed by atoms with Gasteiger partial charge in [-0.25, -0.2) is 15.0 Å². The van der Waals surface area contributed by atoms with Gasteiger partial charge in [-0.1, -0.05) is 0 Å². The number of nitrogens with zero attached hydrogens (tertiary/aromatic N) is 4. The number of rotatable bonds is 1. The molecule has 5 nitrogen and oxygen atoms in total. The second-order valence-corrected chi connectivity index (χ2v) is 3.99. The molecule has 0 aromatic carbocycles. The summed E-state index contributed by atoms with van der Waals surface area (Å²) >= 11 is 0. The van der Waals surface area contributed by atoms with E-state index in [1.54, 1.807) is 0 Å². The van der Waals surface area contributed by atoms with Crippen LogP contribution in [-0.4, -0.2) is 28.0 Å². The lowest BCUT2D eigenvalue weighted by molar-refractivity contribution is 0.941. The maximum absolute atomic E-state index is 5.76. The van der Waals surface area contributed by atoms with Crippen molar-refractivity contribution in [2.45, 2.75) is 12.8 Å². The minimum Gasteiger partial charge on any atom is -0.383 e. The molecule has 0 unspecified atom stereocenters. The van der Waals surface area contributed by atoms with Crippen LogP contribution >= 0.6 is 0 Å². The first-order valence-corrected chi connectivity index (χ1v) is 5.47. The smallest absolute Gasteiger partial charge is 0.166 e. The molecule has 0 saturated carbocycles. The van der Waals surface area contributed by atoms with Crippen LogP contribution in [0.5, 0.6) is 0 Å². The van der Waals surface area contributed by atoms with Crippen LogP contribution in [0.2, 0.25) is 0 Å². The van der Waals surface area contributed by atoms with Gasteiger partial charge in [-0.3, -0.25) is 0 Å². The first-order chi connectivity index (χ1) is 7.84. The molecule has 2 aromatic heterocycles. The zero-order valence-electron chi connectivity index (χ0n) is 8.93. The van der Waals surface area contributed by atoms with Crippen LogP contribution in [0, 0.1) is 0 Å². The first-order valence-electron chi connectivity index (χ1n) is 5.47. The molecule has 2 aromatic rings. The topological polar surface area (TPSA) is 67.9 Å². The van der Waals surface area contributed by atoms with Gasteiger partial charge in [0.15, 0.2) is 5.65 Å². The van der Waals surface area contributed by atoms with Gasteiger partial charge < -0.3 is 10.6 Å². The van der Waals surface area contributed by atoms with Crippen LogP contribution in [0.4, 0.5) is 11.6 Å². The van der Waals surface area contributed by atoms with Crippen LogP contribution in [0.3, 0.4) is 0 Å². The number of hydrogen-bond acceptors (Lipinski definition) is 5. The lowest BCUT2D eigenvalue weighted by Crippen LogP contribution is -2.18. The average molecular weight is 215 g/mol. The maximum Gasteiger partial charge on any atom is 0.166 e. The Hall–Kier alpha value is -1.91. The van der Waals surface area contributed by atoms with E-state index >= 15 is 0 Å². The molecule has 1 fully saturated rings. The Kier molecular flexibility index (Phi) is 2.09. The maximum atomic E-state index is 5.76. The molecular weight excluding hydrogens is 202 g/mol. The zero-order valence-corrected chi connectivity index (χ0v) is 8.93. The van der Waals surface area contributed by atoms with Gasteiger partial charge in [-0.15, -0.1) is 0 Å². The van der Waals surface area contributed by atoms with Gasteiger partial charge in [-0.2, -0.15) is 0 Å². The molecule has 1 saturated heterocycles. The van der Waals surface area contributed by atoms with E-state index in [1.165, 1.54) is 19.2 Å². The summed E-state index contributed by atoms with van der Waals surface area (Å²) in [6.45, 7) is 2.16. The molecule has 1 aliphatic heterocycles. The van der Waals surface area contributed by atoms with Crippen molar-refractivity contribution in [3.05, 3.63) is 18.5 Å². The Labute approximate surface area is 93.3 Å². The van der Waals surface area contributed by atoms with Gasteiger partial charge in [0.05, 0.1) is 5.39 Å². The van der Waals surface area contributed by atoms with Crippen molar-refractivity contribution in [2.24, 2.45) is 0 Å². The molecule has 16 heavy (non-hydrogen) atoms. The molecule has 5 heteroatoms. The Morgan fingerprint density at radius 2 is 1.94 bits per heavy atom. The number of pyridine rings is 1. The van der Waals surface area contributed by atoms with Crippen molar-refractivity contribution >= 4 is 22.7 Å². The first kappa shape index (κ1) is 9.33. The Morgan fingerprint density at radius 1 is 1.12 bits per heavy atom. The standard InChI is InChI=1S/C11H13N5/c12-10-8-3-4-9(16-5-1-2-6-16)15-11(8)14-7-13-10/h3-4,7H,1-2,5-6H2,(H2,12,13,14,15). The van der Waals surface area contributed by atoms with Crippen molar-refractivity contribution < 1.29 is 0 Å². The van der Waals surface area contributed by atoms with Gasteiger partial charge in [0.2, 0.25) is 0 Å². The third-order valence-electron chi connectivity index (χ3n) is 2.94. The van der Waals surface area contributed by atoms with Gasteiger partial charge in [0.25, 0.3) is 0 Å². The summed E-state index contributed by atoms with van der Waals surface area (Å²) in [5.74, 6) is 1.48. The molecule has 0 spiro atoms. The van der Waals surface area contributed by atoms with Gasteiger partial charge in [-0.05, 0) is 25.0 Å². The van der Waals surface area contributed by atoms with Crippen LogP contribution in [0.25, 0.3) is 11.0 Å². The second kappa shape index (κ2) is 3.59. The predicted molar refractivity (Wildman–Crippen MR) is 63.2 cm³/mol. The van der Waals surface area contributed by atoms with Gasteiger partial charge in [0.1, 0.15) is 18.0 Å². The zero-order chi connectivity index (χ0) is 11.0. The average Bonchev–Trinajstić information content (AvgIpc) is 2.82. The van der Waals surface area contributed by atoms with E-state index in [1.807, 2.05) is 12.1 Å². The minimum atomic E-state index is 0.491. The van der Waals surface area contributed by atoms with Crippen molar-refractivity contribution in [2.75, 3.05) is 23.7 Å². The van der Waals surface area contributed by atoms with Crippen molar-refractivity contribution in [1.82, 2.24) is 15.0 Å². The lowest BCUT2D eigenvalue weighted by atomic mass is 10.3. The SMILES string of the molecule is Nc1ncnc2nc(N3CCCC3)ccc12. The summed E-state index contributed by atoms with van der Waals surface area (Å²) in [5, 5.41) is 0.824. The highest BCUT2D eigenvalue weighted by molar-refractivity contribution is 5.85. The Morgan fingerprint density at radius 3 is 2.75 bits per heavy atom. The minimum absolute atomic E-state index is 0.491. The second-order valence-electron chi connectivity index (χ2n) is 3.99. The van der Waals surface area contributed by atoms with Gasteiger partial charge >= 0.3 is 0 Å². The number of fused-ring (bicyclic) bond motifs is 1. The fourth-order valence-corrected chi connectivity index (χ4v) is 2.07. The summed E-state index contributed by atoms with van der Waals surface area (Å²) in [5.41, 5.74) is 6.43. The lowest BCUT2D eigenvalue weighted by Gasteiger charge is -2.16. The Balaban J connectivity index is 2.08. The fourth-order valence-electron chi connectivity index (χ4n) is 2.07. The summed E-state index contributed by atoms with van der Waals surface area (Å²) in [6.07, 6.45) is 3.94. The summed E-state index contributed by atoms with van der Waals surface area (Å²) in [6, 6.07) is 3.94. The number of anilines is 2. The van der Waals surface area contributed by atoms with Crippen LogP contribution in [0.15, 0.2) is 18.5 Å². The molecule has 3 heterocycles. The molecule has 3 rings (SSSR count). The fraction of sp³-hybridized carbons (Fsp3) is 0.364. The van der Waals surface area contributed by atoms with E-state index in [9.17, 15) is 0 Å². The summed E-state index contributed by atoms with van der Waals surface area (Å²) < 4.78 is 0. The molecule has 0 bridgehead atoms. The number of aromatic nitrogens is 3. The number of nitrogens with two attached hydrogens (primary N) is 1. The Bertz CT molecular complexity index is 519. The number of hydrogen-bond donors (Lipinski definition) is 1.